The third-order valence-electron chi connectivity index (χ3n) is 9.39. The molecule has 1 aromatic carbocycles. The number of para-hydroxylation sites is 1. The Hall–Kier alpha value is -2.49. The number of ether oxygens (including phenoxy) is 1. The Bertz CT molecular complexity index is 1140. The van der Waals surface area contributed by atoms with Gasteiger partial charge in [-0.05, 0) is 44.2 Å². The lowest BCUT2D eigenvalue weighted by atomic mass is 9.70. The molecule has 8 nitrogen and oxygen atoms in total. The molecule has 4 aliphatic rings. The minimum atomic E-state index is -1.10. The standard InChI is InChI=1S/C32H42BrN3O5/c1-3-17-34(22-13-7-5-8-14-22)29(38)25-26-30(39)36(19-11-12-20-37)28(32(26)21-24(33)27(25)41-32)31(40)35(18-4-2)23-15-9-6-10-16-23/h3-5,7-8,13-14,23-28,37H,1-2,6,9-12,15-21H2/t24?,25-,26+,27-,28?,32?/m1/s1. The molecule has 1 N–H and O–H groups in total. The number of hydrogen-bond acceptors (Lipinski definition) is 5. The molecule has 1 spiro atoms. The number of aliphatic hydroxyl groups excluding tert-OH is 1. The Kier molecular flexibility index (Phi) is 9.36. The highest BCUT2D eigenvalue weighted by Crippen LogP contribution is 2.60. The lowest BCUT2D eigenvalue weighted by Gasteiger charge is -2.41. The van der Waals surface area contributed by atoms with Crippen LogP contribution in [0.4, 0.5) is 5.69 Å². The average molecular weight is 629 g/mol. The number of aliphatic hydroxyl groups is 1. The number of unbranched alkanes of at least 4 members (excludes halogenated alkanes) is 1. The summed E-state index contributed by atoms with van der Waals surface area (Å²) in [6.07, 6.45) is 9.64. The highest BCUT2D eigenvalue weighted by atomic mass is 79.9. The Morgan fingerprint density at radius 3 is 2.44 bits per heavy atom. The molecule has 4 fully saturated rings. The number of benzene rings is 1. The second kappa shape index (κ2) is 12.8. The van der Waals surface area contributed by atoms with Gasteiger partial charge in [-0.3, -0.25) is 14.4 Å². The van der Waals surface area contributed by atoms with Crippen LogP contribution in [0.25, 0.3) is 0 Å². The van der Waals surface area contributed by atoms with Gasteiger partial charge >= 0.3 is 0 Å². The van der Waals surface area contributed by atoms with Crippen molar-refractivity contribution in [3.05, 3.63) is 55.6 Å². The van der Waals surface area contributed by atoms with Gasteiger partial charge < -0.3 is 24.5 Å². The minimum Gasteiger partial charge on any atom is -0.396 e. The molecule has 3 amide bonds. The number of amides is 3. The average Bonchev–Trinajstić information content (AvgIpc) is 3.58. The summed E-state index contributed by atoms with van der Waals surface area (Å²) in [5, 5.41) is 9.46. The van der Waals surface area contributed by atoms with Crippen molar-refractivity contribution >= 4 is 39.3 Å². The van der Waals surface area contributed by atoms with Gasteiger partial charge in [0.25, 0.3) is 0 Å². The van der Waals surface area contributed by atoms with E-state index in [2.05, 4.69) is 29.1 Å². The van der Waals surface area contributed by atoms with E-state index >= 15 is 0 Å². The van der Waals surface area contributed by atoms with Crippen LogP contribution in [0.2, 0.25) is 0 Å². The van der Waals surface area contributed by atoms with E-state index in [9.17, 15) is 19.5 Å². The van der Waals surface area contributed by atoms with Crippen molar-refractivity contribution in [2.75, 3.05) is 31.1 Å². The summed E-state index contributed by atoms with van der Waals surface area (Å²) in [6, 6.07) is 8.66. The van der Waals surface area contributed by atoms with Crippen LogP contribution in [0, 0.1) is 11.8 Å². The molecule has 222 valence electrons. The fourth-order valence-corrected chi connectivity index (χ4v) is 8.62. The van der Waals surface area contributed by atoms with Crippen molar-refractivity contribution in [1.82, 2.24) is 9.80 Å². The van der Waals surface area contributed by atoms with Crippen LogP contribution in [0.1, 0.15) is 51.4 Å². The molecular weight excluding hydrogens is 586 g/mol. The number of carbonyl (C=O) groups is 3. The summed E-state index contributed by atoms with van der Waals surface area (Å²) in [4.78, 5) is 48.4. The first-order chi connectivity index (χ1) is 19.9. The van der Waals surface area contributed by atoms with E-state index in [4.69, 9.17) is 4.74 Å². The molecule has 6 atom stereocenters. The minimum absolute atomic E-state index is 0.0105. The first-order valence-electron chi connectivity index (χ1n) is 15.0. The summed E-state index contributed by atoms with van der Waals surface area (Å²) in [5.41, 5.74) is -0.371. The number of alkyl halides is 1. The van der Waals surface area contributed by atoms with Crippen molar-refractivity contribution in [2.45, 2.75) is 80.0 Å². The zero-order valence-electron chi connectivity index (χ0n) is 23.7. The number of anilines is 1. The molecule has 0 aromatic heterocycles. The Morgan fingerprint density at radius 1 is 1.07 bits per heavy atom. The zero-order chi connectivity index (χ0) is 29.1. The first-order valence-corrected chi connectivity index (χ1v) is 15.9. The molecule has 9 heteroatoms. The second-order valence-corrected chi connectivity index (χ2v) is 12.9. The van der Waals surface area contributed by atoms with E-state index in [0.29, 0.717) is 38.9 Å². The number of likely N-dealkylation sites (tertiary alicyclic amines) is 1. The predicted molar refractivity (Wildman–Crippen MR) is 162 cm³/mol. The van der Waals surface area contributed by atoms with E-state index in [0.717, 1.165) is 37.8 Å². The summed E-state index contributed by atoms with van der Waals surface area (Å²) < 4.78 is 6.74. The van der Waals surface area contributed by atoms with Gasteiger partial charge in [0, 0.05) is 42.8 Å². The van der Waals surface area contributed by atoms with E-state index in [1.54, 1.807) is 22.0 Å². The lowest BCUT2D eigenvalue weighted by molar-refractivity contribution is -0.150. The Labute approximate surface area is 251 Å². The third-order valence-corrected chi connectivity index (χ3v) is 10.2. The van der Waals surface area contributed by atoms with Crippen LogP contribution >= 0.6 is 15.9 Å². The molecule has 2 bridgehead atoms. The van der Waals surface area contributed by atoms with Crippen LogP contribution in [0.5, 0.6) is 0 Å². The van der Waals surface area contributed by atoms with Gasteiger partial charge in [0.2, 0.25) is 17.7 Å². The largest absolute Gasteiger partial charge is 0.396 e. The molecule has 1 saturated carbocycles. The normalized spacial score (nSPS) is 30.7. The van der Waals surface area contributed by atoms with Gasteiger partial charge in [0.1, 0.15) is 11.6 Å². The number of fused-ring (bicyclic) bond motifs is 1. The highest BCUT2D eigenvalue weighted by molar-refractivity contribution is 9.09. The second-order valence-electron chi connectivity index (χ2n) is 11.8. The number of hydrogen-bond donors (Lipinski definition) is 1. The number of carbonyl (C=O) groups excluding carboxylic acids is 3. The van der Waals surface area contributed by atoms with Crippen molar-refractivity contribution < 1.29 is 24.2 Å². The van der Waals surface area contributed by atoms with Crippen LogP contribution in [-0.4, -0.2) is 87.5 Å². The molecule has 3 aliphatic heterocycles. The lowest BCUT2D eigenvalue weighted by Crippen LogP contribution is -2.59. The van der Waals surface area contributed by atoms with Crippen LogP contribution in [-0.2, 0) is 19.1 Å². The molecular formula is C32H42BrN3O5. The van der Waals surface area contributed by atoms with Crippen molar-refractivity contribution in [2.24, 2.45) is 11.8 Å². The fraction of sp³-hybridized carbons (Fsp3) is 0.594. The van der Waals surface area contributed by atoms with Crippen molar-refractivity contribution in [1.29, 1.82) is 0 Å². The molecule has 41 heavy (non-hydrogen) atoms. The zero-order valence-corrected chi connectivity index (χ0v) is 25.3. The van der Waals surface area contributed by atoms with Gasteiger partial charge in [-0.15, -0.1) is 13.2 Å². The van der Waals surface area contributed by atoms with Gasteiger partial charge in [0.15, 0.2) is 0 Å². The fourth-order valence-electron chi connectivity index (χ4n) is 7.67. The maximum absolute atomic E-state index is 14.6. The summed E-state index contributed by atoms with van der Waals surface area (Å²) in [5.74, 6) is -2.00. The molecule has 3 unspecified atom stereocenters. The third kappa shape index (κ3) is 5.30. The summed E-state index contributed by atoms with van der Waals surface area (Å²) >= 11 is 3.78. The molecule has 3 heterocycles. The predicted octanol–water partition coefficient (Wildman–Crippen LogP) is 4.07. The quantitative estimate of drug-likeness (QED) is 0.214. The monoisotopic (exact) mass is 627 g/mol. The maximum atomic E-state index is 14.6. The number of nitrogens with zero attached hydrogens (tertiary/aromatic N) is 3. The molecule has 5 rings (SSSR count). The van der Waals surface area contributed by atoms with Crippen molar-refractivity contribution in [3.63, 3.8) is 0 Å². The molecule has 1 aliphatic carbocycles. The SMILES string of the molecule is C=CCN(C(=O)[C@H]1[C@@H]2OC3(CC2Br)C(C(=O)N(CC=C)C2CCCCC2)N(CCCCO)C(=O)[C@H]13)c1ccccc1. The summed E-state index contributed by atoms with van der Waals surface area (Å²) in [6.45, 7) is 8.83. The van der Waals surface area contributed by atoms with Crippen LogP contribution in [0.15, 0.2) is 55.6 Å². The van der Waals surface area contributed by atoms with Crippen LogP contribution in [0.3, 0.4) is 0 Å². The maximum Gasteiger partial charge on any atom is 0.248 e. The first kappa shape index (κ1) is 30.0. The molecule has 3 saturated heterocycles. The van der Waals surface area contributed by atoms with E-state index in [-0.39, 0.29) is 35.2 Å². The van der Waals surface area contributed by atoms with Crippen molar-refractivity contribution in [3.8, 4) is 0 Å². The van der Waals surface area contributed by atoms with Crippen LogP contribution < -0.4 is 4.90 Å². The van der Waals surface area contributed by atoms with Gasteiger partial charge in [-0.2, -0.15) is 0 Å². The van der Waals surface area contributed by atoms with E-state index in [1.165, 1.54) is 0 Å². The Balaban J connectivity index is 1.54. The van der Waals surface area contributed by atoms with Gasteiger partial charge in [0.05, 0.1) is 17.9 Å². The van der Waals surface area contributed by atoms with E-state index in [1.807, 2.05) is 35.2 Å². The van der Waals surface area contributed by atoms with Gasteiger partial charge in [-0.25, -0.2) is 0 Å². The summed E-state index contributed by atoms with van der Waals surface area (Å²) in [7, 11) is 0. The highest BCUT2D eigenvalue weighted by Gasteiger charge is 2.77. The van der Waals surface area contributed by atoms with E-state index < -0.39 is 29.6 Å². The smallest absolute Gasteiger partial charge is 0.248 e. The molecule has 1 aromatic rings. The Morgan fingerprint density at radius 2 is 1.78 bits per heavy atom. The van der Waals surface area contributed by atoms with Gasteiger partial charge in [-0.1, -0.05) is 65.5 Å². The topological polar surface area (TPSA) is 90.4 Å². The number of halogens is 1. The molecule has 0 radical (unpaired) electrons. The number of rotatable bonds is 12.